The standard InChI is InChI=1S/C14H22N2O5/c1-3-5-16-12(17)6-10(13(16)18)15(4-2)11-8-21-7-9(11)14(19)20/h9-11H,3-8H2,1-2H3,(H,19,20). The van der Waals surface area contributed by atoms with Gasteiger partial charge in [0.15, 0.2) is 0 Å². The molecule has 118 valence electrons. The molecule has 0 spiro atoms. The van der Waals surface area contributed by atoms with E-state index in [0.717, 1.165) is 6.42 Å². The maximum absolute atomic E-state index is 12.4. The number of hydrogen-bond donors (Lipinski definition) is 1. The van der Waals surface area contributed by atoms with E-state index in [0.29, 0.717) is 13.1 Å². The van der Waals surface area contributed by atoms with Crippen molar-refractivity contribution in [2.75, 3.05) is 26.3 Å². The van der Waals surface area contributed by atoms with E-state index in [1.165, 1.54) is 4.90 Å². The van der Waals surface area contributed by atoms with Crippen molar-refractivity contribution in [2.45, 2.75) is 38.8 Å². The predicted molar refractivity (Wildman–Crippen MR) is 73.5 cm³/mol. The number of carboxylic acid groups (broad SMARTS) is 1. The zero-order valence-electron chi connectivity index (χ0n) is 12.4. The minimum atomic E-state index is -0.918. The monoisotopic (exact) mass is 298 g/mol. The molecule has 0 aromatic heterocycles. The zero-order valence-corrected chi connectivity index (χ0v) is 12.4. The number of rotatable bonds is 6. The van der Waals surface area contributed by atoms with Crippen molar-refractivity contribution < 1.29 is 24.2 Å². The molecular formula is C14H22N2O5. The third-order valence-electron chi connectivity index (χ3n) is 4.23. The first kappa shape index (κ1) is 15.9. The topological polar surface area (TPSA) is 87.2 Å². The predicted octanol–water partition coefficient (Wildman–Crippen LogP) is -0.0546. The Hall–Kier alpha value is -1.47. The van der Waals surface area contributed by atoms with E-state index in [1.54, 1.807) is 0 Å². The lowest BCUT2D eigenvalue weighted by molar-refractivity contribution is -0.145. The number of nitrogens with zero attached hydrogens (tertiary/aromatic N) is 2. The van der Waals surface area contributed by atoms with Gasteiger partial charge >= 0.3 is 5.97 Å². The van der Waals surface area contributed by atoms with Gasteiger partial charge in [0.1, 0.15) is 0 Å². The summed E-state index contributed by atoms with van der Waals surface area (Å²) in [5.74, 6) is -1.94. The van der Waals surface area contributed by atoms with Crippen LogP contribution in [0.25, 0.3) is 0 Å². The first-order chi connectivity index (χ1) is 10.0. The van der Waals surface area contributed by atoms with E-state index in [2.05, 4.69) is 0 Å². The summed E-state index contributed by atoms with van der Waals surface area (Å²) >= 11 is 0. The second-order valence-electron chi connectivity index (χ2n) is 5.48. The fraction of sp³-hybridized carbons (Fsp3) is 0.786. The second kappa shape index (κ2) is 6.53. The second-order valence-corrected chi connectivity index (χ2v) is 5.48. The van der Waals surface area contributed by atoms with Gasteiger partial charge in [0.05, 0.1) is 31.6 Å². The molecule has 0 radical (unpaired) electrons. The highest BCUT2D eigenvalue weighted by Crippen LogP contribution is 2.27. The fourth-order valence-electron chi connectivity index (χ4n) is 3.18. The maximum Gasteiger partial charge on any atom is 0.310 e. The summed E-state index contributed by atoms with van der Waals surface area (Å²) in [4.78, 5) is 38.8. The molecule has 2 saturated heterocycles. The lowest BCUT2D eigenvalue weighted by Gasteiger charge is -2.32. The number of carbonyl (C=O) groups excluding carboxylic acids is 2. The van der Waals surface area contributed by atoms with Crippen LogP contribution in [-0.4, -0.2) is 71.1 Å². The number of ether oxygens (including phenoxy) is 1. The average Bonchev–Trinajstić information content (AvgIpc) is 3.01. The maximum atomic E-state index is 12.4. The SMILES string of the molecule is CCCN1C(=O)CC(N(CC)C2COCC2C(=O)O)C1=O. The Morgan fingerprint density at radius 2 is 2.10 bits per heavy atom. The molecule has 7 nitrogen and oxygen atoms in total. The fourth-order valence-corrected chi connectivity index (χ4v) is 3.18. The Balaban J connectivity index is 2.16. The van der Waals surface area contributed by atoms with Crippen LogP contribution in [0.4, 0.5) is 0 Å². The molecule has 0 bridgehead atoms. The largest absolute Gasteiger partial charge is 0.481 e. The highest BCUT2D eigenvalue weighted by Gasteiger charge is 2.47. The van der Waals surface area contributed by atoms with Crippen molar-refractivity contribution in [1.29, 1.82) is 0 Å². The molecule has 1 N–H and O–H groups in total. The molecule has 2 heterocycles. The van der Waals surface area contributed by atoms with E-state index in [1.807, 2.05) is 18.7 Å². The summed E-state index contributed by atoms with van der Waals surface area (Å²) < 4.78 is 5.28. The number of aliphatic carboxylic acids is 1. The molecule has 0 aromatic carbocycles. The zero-order chi connectivity index (χ0) is 15.6. The number of hydrogen-bond acceptors (Lipinski definition) is 5. The van der Waals surface area contributed by atoms with Crippen LogP contribution >= 0.6 is 0 Å². The van der Waals surface area contributed by atoms with Crippen molar-refractivity contribution in [2.24, 2.45) is 5.92 Å². The molecular weight excluding hydrogens is 276 g/mol. The molecule has 3 atom stereocenters. The molecule has 2 aliphatic rings. The van der Waals surface area contributed by atoms with Gasteiger partial charge in [-0.2, -0.15) is 0 Å². The summed E-state index contributed by atoms with van der Waals surface area (Å²) in [5, 5.41) is 9.26. The summed E-state index contributed by atoms with van der Waals surface area (Å²) in [6.45, 7) is 5.17. The van der Waals surface area contributed by atoms with Gasteiger partial charge in [-0.05, 0) is 13.0 Å². The van der Waals surface area contributed by atoms with Crippen LogP contribution in [0.15, 0.2) is 0 Å². The minimum Gasteiger partial charge on any atom is -0.481 e. The third kappa shape index (κ3) is 2.94. The van der Waals surface area contributed by atoms with Crippen LogP contribution in [0.1, 0.15) is 26.7 Å². The summed E-state index contributed by atoms with van der Waals surface area (Å²) in [5.41, 5.74) is 0. The number of carboxylic acids is 1. The van der Waals surface area contributed by atoms with Crippen LogP contribution in [0.3, 0.4) is 0 Å². The summed E-state index contributed by atoms with van der Waals surface area (Å²) in [6, 6.07) is -0.904. The number of imide groups is 1. The van der Waals surface area contributed by atoms with Crippen molar-refractivity contribution >= 4 is 17.8 Å². The van der Waals surface area contributed by atoms with Gasteiger partial charge in [-0.15, -0.1) is 0 Å². The third-order valence-corrected chi connectivity index (χ3v) is 4.23. The molecule has 3 unspecified atom stereocenters. The Kier molecular flexibility index (Phi) is 4.95. The quantitative estimate of drug-likeness (QED) is 0.692. The van der Waals surface area contributed by atoms with Crippen LogP contribution in [-0.2, 0) is 19.1 Å². The van der Waals surface area contributed by atoms with E-state index in [9.17, 15) is 19.5 Å². The molecule has 2 fully saturated rings. The van der Waals surface area contributed by atoms with E-state index in [-0.39, 0.29) is 37.5 Å². The van der Waals surface area contributed by atoms with Crippen LogP contribution in [0, 0.1) is 5.92 Å². The normalized spacial score (nSPS) is 29.7. The molecule has 2 aliphatic heterocycles. The molecule has 2 rings (SSSR count). The van der Waals surface area contributed by atoms with E-state index >= 15 is 0 Å². The van der Waals surface area contributed by atoms with Crippen molar-refractivity contribution in [3.05, 3.63) is 0 Å². The van der Waals surface area contributed by atoms with Gasteiger partial charge in [0.25, 0.3) is 0 Å². The molecule has 0 aromatic rings. The van der Waals surface area contributed by atoms with Crippen LogP contribution in [0.5, 0.6) is 0 Å². The Labute approximate surface area is 123 Å². The van der Waals surface area contributed by atoms with Gasteiger partial charge in [-0.3, -0.25) is 24.2 Å². The molecule has 7 heteroatoms. The average molecular weight is 298 g/mol. The Morgan fingerprint density at radius 1 is 1.38 bits per heavy atom. The van der Waals surface area contributed by atoms with Gasteiger partial charge in [-0.1, -0.05) is 13.8 Å². The Bertz CT molecular complexity index is 439. The first-order valence-electron chi connectivity index (χ1n) is 7.41. The van der Waals surface area contributed by atoms with Crippen LogP contribution < -0.4 is 0 Å². The lowest BCUT2D eigenvalue weighted by atomic mass is 10.00. The van der Waals surface area contributed by atoms with Gasteiger partial charge in [-0.25, -0.2) is 0 Å². The van der Waals surface area contributed by atoms with E-state index in [4.69, 9.17) is 4.74 Å². The smallest absolute Gasteiger partial charge is 0.310 e. The summed E-state index contributed by atoms with van der Waals surface area (Å²) in [6.07, 6.45) is 0.857. The number of likely N-dealkylation sites (N-methyl/N-ethyl adjacent to an activating group) is 1. The molecule has 0 saturated carbocycles. The summed E-state index contributed by atoms with van der Waals surface area (Å²) in [7, 11) is 0. The number of amides is 2. The highest BCUT2D eigenvalue weighted by atomic mass is 16.5. The van der Waals surface area contributed by atoms with Gasteiger partial charge in [0, 0.05) is 12.6 Å². The molecule has 21 heavy (non-hydrogen) atoms. The highest BCUT2D eigenvalue weighted by molar-refractivity contribution is 6.05. The van der Waals surface area contributed by atoms with Crippen molar-refractivity contribution in [3.63, 3.8) is 0 Å². The Morgan fingerprint density at radius 3 is 2.67 bits per heavy atom. The number of carbonyl (C=O) groups is 3. The van der Waals surface area contributed by atoms with Crippen LogP contribution in [0.2, 0.25) is 0 Å². The lowest BCUT2D eigenvalue weighted by Crippen LogP contribution is -2.51. The molecule has 0 aliphatic carbocycles. The van der Waals surface area contributed by atoms with Crippen molar-refractivity contribution in [3.8, 4) is 0 Å². The number of likely N-dealkylation sites (tertiary alicyclic amines) is 1. The van der Waals surface area contributed by atoms with Gasteiger partial charge < -0.3 is 9.84 Å². The van der Waals surface area contributed by atoms with Crippen molar-refractivity contribution in [1.82, 2.24) is 9.80 Å². The van der Waals surface area contributed by atoms with E-state index < -0.39 is 17.9 Å². The first-order valence-corrected chi connectivity index (χ1v) is 7.41. The molecule has 2 amide bonds. The minimum absolute atomic E-state index is 0.134. The van der Waals surface area contributed by atoms with Gasteiger partial charge in [0.2, 0.25) is 11.8 Å².